The van der Waals surface area contributed by atoms with Crippen LogP contribution in [0.3, 0.4) is 0 Å². The molecule has 0 bridgehead atoms. The Morgan fingerprint density at radius 3 is 2.64 bits per heavy atom. The summed E-state index contributed by atoms with van der Waals surface area (Å²) < 4.78 is 0.737. The van der Waals surface area contributed by atoms with Crippen molar-refractivity contribution in [3.8, 4) is 0 Å². The first-order chi connectivity index (χ1) is 5.11. The van der Waals surface area contributed by atoms with Crippen molar-refractivity contribution in [1.29, 1.82) is 0 Å². The molecular weight excluding hydrogens is 209 g/mol. The summed E-state index contributed by atoms with van der Waals surface area (Å²) in [4.78, 5) is 9.73. The second-order valence-corrected chi connectivity index (χ2v) is 2.88. The van der Waals surface area contributed by atoms with Crippen molar-refractivity contribution in [3.63, 3.8) is 0 Å². The molecule has 0 heterocycles. The van der Waals surface area contributed by atoms with Gasteiger partial charge in [0.1, 0.15) is 7.85 Å². The molecule has 3 nitrogen and oxygen atoms in total. The molecule has 0 N–H and O–H groups in total. The highest BCUT2D eigenvalue weighted by Gasteiger charge is 2.07. The Labute approximate surface area is 73.1 Å². The zero-order valence-electron chi connectivity index (χ0n) is 5.45. The summed E-state index contributed by atoms with van der Waals surface area (Å²) in [5, 5.41) is 10.2. The minimum absolute atomic E-state index is 0.0619. The largest absolute Gasteiger partial charge is 0.262 e. The maximum absolute atomic E-state index is 10.2. The molecule has 1 aromatic carbocycles. The van der Waals surface area contributed by atoms with Gasteiger partial charge in [0.2, 0.25) is 0 Å². The van der Waals surface area contributed by atoms with Crippen molar-refractivity contribution in [2.75, 3.05) is 0 Å². The van der Waals surface area contributed by atoms with Crippen LogP contribution in [0.1, 0.15) is 0 Å². The molecule has 0 aromatic heterocycles. The van der Waals surface area contributed by atoms with E-state index in [-0.39, 0.29) is 11.2 Å². The van der Waals surface area contributed by atoms with Crippen LogP contribution in [0.5, 0.6) is 0 Å². The molecule has 0 atom stereocenters. The monoisotopic (exact) mass is 211 g/mol. The molecule has 5 heteroatoms. The number of nitro groups is 1. The van der Waals surface area contributed by atoms with Gasteiger partial charge < -0.3 is 0 Å². The predicted molar refractivity (Wildman–Crippen MR) is 46.2 cm³/mol. The Bertz CT molecular complexity index is 303. The lowest BCUT2D eigenvalue weighted by Gasteiger charge is -1.96. The van der Waals surface area contributed by atoms with E-state index in [4.69, 9.17) is 7.85 Å². The Morgan fingerprint density at radius 2 is 2.18 bits per heavy atom. The zero-order chi connectivity index (χ0) is 8.43. The summed E-state index contributed by atoms with van der Waals surface area (Å²) in [7, 11) is 5.35. The highest BCUT2D eigenvalue weighted by atomic mass is 79.9. The molecule has 11 heavy (non-hydrogen) atoms. The first-order valence-electron chi connectivity index (χ1n) is 2.80. The van der Waals surface area contributed by atoms with Crippen LogP contribution in [0.4, 0.5) is 5.69 Å². The Balaban J connectivity index is 3.20. The number of benzene rings is 1. The molecule has 0 aliphatic rings. The van der Waals surface area contributed by atoms with Crippen LogP contribution >= 0.6 is 15.9 Å². The molecule has 1 aromatic rings. The second kappa shape index (κ2) is 3.05. The van der Waals surface area contributed by atoms with Crippen LogP contribution < -0.4 is 5.46 Å². The minimum Gasteiger partial charge on any atom is -0.258 e. The average Bonchev–Trinajstić information content (AvgIpc) is 1.85. The molecule has 0 aliphatic heterocycles. The maximum atomic E-state index is 10.2. The Kier molecular flexibility index (Phi) is 2.29. The summed E-state index contributed by atoms with van der Waals surface area (Å²) in [5.74, 6) is 0. The molecule has 2 radical (unpaired) electrons. The molecule has 0 amide bonds. The first-order valence-corrected chi connectivity index (χ1v) is 3.60. The van der Waals surface area contributed by atoms with E-state index >= 15 is 0 Å². The van der Waals surface area contributed by atoms with E-state index in [1.54, 1.807) is 6.07 Å². The average molecular weight is 212 g/mol. The van der Waals surface area contributed by atoms with Gasteiger partial charge in [-0.25, -0.2) is 0 Å². The molecule has 1 rings (SSSR count). The van der Waals surface area contributed by atoms with Crippen molar-refractivity contribution >= 4 is 34.9 Å². The van der Waals surface area contributed by atoms with Crippen LogP contribution in [0.2, 0.25) is 0 Å². The lowest BCUT2D eigenvalue weighted by molar-refractivity contribution is -0.383. The van der Waals surface area contributed by atoms with E-state index in [1.807, 2.05) is 0 Å². The van der Waals surface area contributed by atoms with Gasteiger partial charge in [0, 0.05) is 10.5 Å². The van der Waals surface area contributed by atoms with Gasteiger partial charge in [-0.1, -0.05) is 15.9 Å². The van der Waals surface area contributed by atoms with Gasteiger partial charge in [0.05, 0.1) is 4.92 Å². The van der Waals surface area contributed by atoms with Crippen molar-refractivity contribution in [2.24, 2.45) is 0 Å². The van der Waals surface area contributed by atoms with Gasteiger partial charge in [-0.15, -0.1) is 0 Å². The third-order valence-corrected chi connectivity index (χ3v) is 1.68. The van der Waals surface area contributed by atoms with E-state index in [2.05, 4.69) is 15.9 Å². The van der Waals surface area contributed by atoms with Crippen LogP contribution in [0.25, 0.3) is 0 Å². The van der Waals surface area contributed by atoms with Crippen molar-refractivity contribution in [3.05, 3.63) is 32.8 Å². The lowest BCUT2D eigenvalue weighted by Crippen LogP contribution is -2.08. The zero-order valence-corrected chi connectivity index (χ0v) is 7.04. The number of hydrogen-bond acceptors (Lipinski definition) is 2. The number of hydrogen-bond donors (Lipinski definition) is 0. The number of rotatable bonds is 1. The Morgan fingerprint density at radius 1 is 1.55 bits per heavy atom. The molecule has 0 spiro atoms. The van der Waals surface area contributed by atoms with Crippen molar-refractivity contribution in [2.45, 2.75) is 0 Å². The fourth-order valence-corrected chi connectivity index (χ4v) is 1.07. The lowest BCUT2D eigenvalue weighted by atomic mass is 9.94. The molecule has 54 valence electrons. The smallest absolute Gasteiger partial charge is 0.258 e. The van der Waals surface area contributed by atoms with Crippen LogP contribution in [-0.2, 0) is 0 Å². The summed E-state index contributed by atoms with van der Waals surface area (Å²) >= 11 is 3.14. The number of nitrogens with zero attached hydrogens (tertiary/aromatic N) is 1. The number of halogens is 1. The van der Waals surface area contributed by atoms with E-state index in [0.29, 0.717) is 0 Å². The molecule has 0 saturated heterocycles. The normalized spacial score (nSPS) is 9.55. The third-order valence-electron chi connectivity index (χ3n) is 1.19. The van der Waals surface area contributed by atoms with E-state index in [9.17, 15) is 10.1 Å². The fourth-order valence-electron chi connectivity index (χ4n) is 0.692. The van der Waals surface area contributed by atoms with Gasteiger partial charge >= 0.3 is 0 Å². The quantitative estimate of drug-likeness (QED) is 0.398. The summed E-state index contributed by atoms with van der Waals surface area (Å²) in [5.41, 5.74) is 0.109. The highest BCUT2D eigenvalue weighted by Crippen LogP contribution is 2.12. The van der Waals surface area contributed by atoms with Gasteiger partial charge in [-0.2, -0.15) is 0 Å². The SMILES string of the molecule is [B]c1cc(Br)ccc1[N+](=O)[O-]. The third kappa shape index (κ3) is 1.80. The summed E-state index contributed by atoms with van der Waals surface area (Å²) in [6, 6.07) is 4.44. The Hall–Kier alpha value is -0.835. The molecule has 0 fully saturated rings. The van der Waals surface area contributed by atoms with Crippen LogP contribution in [-0.4, -0.2) is 12.8 Å². The minimum atomic E-state index is -0.512. The topological polar surface area (TPSA) is 43.1 Å². The summed E-state index contributed by atoms with van der Waals surface area (Å²) in [6.07, 6.45) is 0. The predicted octanol–water partition coefficient (Wildman–Crippen LogP) is 1.15. The second-order valence-electron chi connectivity index (χ2n) is 1.96. The molecule has 0 aliphatic carbocycles. The standard InChI is InChI=1S/C6H3BBrNO2/c7-5-3-4(8)1-2-6(5)9(10)11/h1-3H. The van der Waals surface area contributed by atoms with E-state index < -0.39 is 4.92 Å². The van der Waals surface area contributed by atoms with E-state index in [1.165, 1.54) is 12.1 Å². The van der Waals surface area contributed by atoms with Crippen molar-refractivity contribution < 1.29 is 4.92 Å². The summed E-state index contributed by atoms with van der Waals surface area (Å²) in [6.45, 7) is 0. The molecule has 0 unspecified atom stereocenters. The van der Waals surface area contributed by atoms with Gasteiger partial charge in [-0.05, 0) is 17.6 Å². The van der Waals surface area contributed by atoms with Gasteiger partial charge in [0.25, 0.3) is 5.69 Å². The van der Waals surface area contributed by atoms with Crippen molar-refractivity contribution in [1.82, 2.24) is 0 Å². The maximum Gasteiger partial charge on any atom is 0.262 e. The molecular formula is C6H3BBrNO2. The number of nitro benzene ring substituents is 1. The molecule has 0 saturated carbocycles. The van der Waals surface area contributed by atoms with Gasteiger partial charge in [-0.3, -0.25) is 10.1 Å². The van der Waals surface area contributed by atoms with Crippen LogP contribution in [0, 0.1) is 10.1 Å². The van der Waals surface area contributed by atoms with Gasteiger partial charge in [0.15, 0.2) is 0 Å². The fraction of sp³-hybridized carbons (Fsp3) is 0. The highest BCUT2D eigenvalue weighted by molar-refractivity contribution is 9.10. The first kappa shape index (κ1) is 8.26. The van der Waals surface area contributed by atoms with Crippen LogP contribution in [0.15, 0.2) is 22.7 Å². The van der Waals surface area contributed by atoms with E-state index in [0.717, 1.165) is 4.47 Å².